The number of carbonyl (C=O) groups is 1. The highest BCUT2D eigenvalue weighted by molar-refractivity contribution is 7.89. The van der Waals surface area contributed by atoms with Gasteiger partial charge >= 0.3 is 0 Å². The number of sulfonamides is 1. The summed E-state index contributed by atoms with van der Waals surface area (Å²) in [7, 11) is -7.02. The quantitative estimate of drug-likeness (QED) is 0.196. The van der Waals surface area contributed by atoms with Crippen LogP contribution in [0.15, 0.2) is 24.3 Å². The molecule has 1 unspecified atom stereocenters. The second-order valence-corrected chi connectivity index (χ2v) is 22.6. The van der Waals surface area contributed by atoms with Crippen molar-refractivity contribution in [2.24, 2.45) is 0 Å². The van der Waals surface area contributed by atoms with E-state index in [0.29, 0.717) is 18.2 Å². The first-order chi connectivity index (χ1) is 14.7. The molecule has 1 aromatic rings. The monoisotopic (exact) mass is 499 g/mol. The van der Waals surface area contributed by atoms with Crippen molar-refractivity contribution in [2.45, 2.75) is 44.4 Å². The number of hydroxylamine groups is 2. The van der Waals surface area contributed by atoms with Crippen molar-refractivity contribution < 1.29 is 22.8 Å². The van der Waals surface area contributed by atoms with Crippen molar-refractivity contribution >= 4 is 38.3 Å². The highest BCUT2D eigenvalue weighted by atomic mass is 32.2. The lowest BCUT2D eigenvalue weighted by Crippen LogP contribution is -2.51. The van der Waals surface area contributed by atoms with Gasteiger partial charge in [0.05, 0.1) is 5.75 Å². The molecule has 1 saturated heterocycles. The van der Waals surface area contributed by atoms with Gasteiger partial charge in [0.25, 0.3) is 0 Å². The minimum atomic E-state index is -3.75. The average Bonchev–Trinajstić information content (AvgIpc) is 2.69. The van der Waals surface area contributed by atoms with Gasteiger partial charge in [-0.15, -0.1) is 5.54 Å². The van der Waals surface area contributed by atoms with Crippen molar-refractivity contribution in [1.29, 1.82) is 0 Å². The Kier molecular flexibility index (Phi) is 8.69. The Morgan fingerprint density at radius 3 is 2.19 bits per heavy atom. The zero-order valence-corrected chi connectivity index (χ0v) is 22.3. The number of hydrogen-bond donors (Lipinski definition) is 1. The summed E-state index contributed by atoms with van der Waals surface area (Å²) in [6.45, 7) is 12.5. The molecule has 11 heteroatoms. The van der Waals surface area contributed by atoms with Crippen LogP contribution in [0.2, 0.25) is 38.4 Å². The Morgan fingerprint density at radius 1 is 1.12 bits per heavy atom. The Morgan fingerprint density at radius 2 is 1.69 bits per heavy atom. The van der Waals surface area contributed by atoms with E-state index in [1.165, 1.54) is 16.4 Å². The van der Waals surface area contributed by atoms with Gasteiger partial charge in [0.15, 0.2) is 0 Å². The summed E-state index contributed by atoms with van der Waals surface area (Å²) >= 11 is 0. The third-order valence-corrected chi connectivity index (χ3v) is 15.7. The van der Waals surface area contributed by atoms with Crippen LogP contribution in [0.4, 0.5) is 10.1 Å². The number of hydrogen-bond acceptors (Lipinski definition) is 5. The van der Waals surface area contributed by atoms with Crippen LogP contribution in [0.3, 0.4) is 0 Å². The third kappa shape index (κ3) is 8.01. The molecular weight excluding hydrogens is 465 g/mol. The van der Waals surface area contributed by atoms with Gasteiger partial charge in [0.2, 0.25) is 16.4 Å². The molecule has 2 rings (SSSR count). The Labute approximate surface area is 193 Å². The van der Waals surface area contributed by atoms with E-state index in [1.807, 2.05) is 4.90 Å². The standard InChI is InChI=1S/C21H34FN3O4SSi2/c1-31(2,3)18-32(4,5)15-10-21(25(27)17-26)16-30(28,29)24-13-11-23(12-14-24)20-8-6-19(22)7-9-20/h6-9,17,21,27H,11-14,16,18H2,1-5H3. The number of rotatable bonds is 8. The molecule has 1 N–H and O–H groups in total. The first-order valence-corrected chi connectivity index (χ1v) is 19.2. The Balaban J connectivity index is 2.09. The first-order valence-electron chi connectivity index (χ1n) is 10.7. The van der Waals surface area contributed by atoms with Gasteiger partial charge in [0.1, 0.15) is 19.9 Å². The van der Waals surface area contributed by atoms with Gasteiger partial charge in [-0.1, -0.05) is 44.3 Å². The smallest absolute Gasteiger partial charge is 0.234 e. The molecule has 7 nitrogen and oxygen atoms in total. The summed E-state index contributed by atoms with van der Waals surface area (Å²) in [5, 5.41) is 10.3. The molecule has 1 aromatic carbocycles. The highest BCUT2D eigenvalue weighted by Crippen LogP contribution is 2.20. The van der Waals surface area contributed by atoms with Crippen LogP contribution < -0.4 is 4.90 Å². The highest BCUT2D eigenvalue weighted by Gasteiger charge is 2.32. The fourth-order valence-electron chi connectivity index (χ4n) is 4.09. The van der Waals surface area contributed by atoms with Gasteiger partial charge in [0, 0.05) is 39.9 Å². The maximum Gasteiger partial charge on any atom is 0.234 e. The molecule has 178 valence electrons. The molecule has 1 aliphatic rings. The van der Waals surface area contributed by atoms with E-state index in [9.17, 15) is 22.8 Å². The number of anilines is 1. The second-order valence-electron chi connectivity index (χ2n) is 10.0. The predicted molar refractivity (Wildman–Crippen MR) is 131 cm³/mol. The fourth-order valence-corrected chi connectivity index (χ4v) is 17.2. The molecule has 1 heterocycles. The van der Waals surface area contributed by atoms with Gasteiger partial charge in [-0.3, -0.25) is 10.0 Å². The third-order valence-electron chi connectivity index (χ3n) is 5.17. The lowest BCUT2D eigenvalue weighted by Gasteiger charge is -2.36. The number of benzene rings is 1. The summed E-state index contributed by atoms with van der Waals surface area (Å²) in [5.74, 6) is 2.12. The van der Waals surface area contributed by atoms with Crippen molar-refractivity contribution in [1.82, 2.24) is 9.37 Å². The van der Waals surface area contributed by atoms with E-state index in [2.05, 4.69) is 44.2 Å². The van der Waals surface area contributed by atoms with E-state index in [-0.39, 0.29) is 25.3 Å². The molecule has 1 amide bonds. The van der Waals surface area contributed by atoms with Crippen molar-refractivity contribution in [2.75, 3.05) is 36.8 Å². The number of halogens is 1. The van der Waals surface area contributed by atoms with E-state index in [0.717, 1.165) is 11.4 Å². The lowest BCUT2D eigenvalue weighted by molar-refractivity contribution is -0.153. The van der Waals surface area contributed by atoms with Crippen LogP contribution in [-0.2, 0) is 14.8 Å². The molecular formula is C21H34FN3O4SSi2. The predicted octanol–water partition coefficient (Wildman–Crippen LogP) is 2.62. The summed E-state index contributed by atoms with van der Waals surface area (Å²) in [6, 6.07) is 4.99. The number of carbonyl (C=O) groups excluding carboxylic acids is 1. The van der Waals surface area contributed by atoms with Crippen LogP contribution in [0.5, 0.6) is 0 Å². The van der Waals surface area contributed by atoms with Gasteiger partial charge in [-0.25, -0.2) is 17.9 Å². The molecule has 0 aliphatic carbocycles. The molecule has 0 radical (unpaired) electrons. The van der Waals surface area contributed by atoms with E-state index >= 15 is 0 Å². The molecule has 0 aromatic heterocycles. The van der Waals surface area contributed by atoms with Crippen molar-refractivity contribution in [3.8, 4) is 11.5 Å². The average molecular weight is 500 g/mol. The summed E-state index contributed by atoms with van der Waals surface area (Å²) in [5.41, 5.74) is 5.11. The Bertz CT molecular complexity index is 948. The summed E-state index contributed by atoms with van der Waals surface area (Å²) < 4.78 is 40.5. The van der Waals surface area contributed by atoms with Gasteiger partial charge in [-0.05, 0) is 24.3 Å². The van der Waals surface area contributed by atoms with Crippen molar-refractivity contribution in [3.63, 3.8) is 0 Å². The number of amides is 1. The molecule has 32 heavy (non-hydrogen) atoms. The van der Waals surface area contributed by atoms with Gasteiger partial charge < -0.3 is 4.90 Å². The minimum absolute atomic E-state index is 0.203. The molecule has 1 atom stereocenters. The minimum Gasteiger partial charge on any atom is -0.369 e. The SMILES string of the molecule is C[Si](C)(C)C[Si](C)(C)C#CC(CS(=O)(=O)N1CCN(c2ccc(F)cc2)CC1)N(O)C=O. The van der Waals surface area contributed by atoms with Crippen LogP contribution in [0, 0.1) is 17.3 Å². The van der Waals surface area contributed by atoms with Crippen molar-refractivity contribution in [3.05, 3.63) is 30.1 Å². The first kappa shape index (κ1) is 26.5. The largest absolute Gasteiger partial charge is 0.369 e. The molecule has 0 spiro atoms. The molecule has 1 aliphatic heterocycles. The topological polar surface area (TPSA) is 81.2 Å². The maximum atomic E-state index is 13.1. The van der Waals surface area contributed by atoms with Crippen LogP contribution in [0.1, 0.15) is 0 Å². The van der Waals surface area contributed by atoms with Crippen LogP contribution in [-0.4, -0.2) is 83.5 Å². The Hall–Kier alpha value is -1.72. The molecule has 0 saturated carbocycles. The second kappa shape index (κ2) is 10.5. The zero-order valence-electron chi connectivity index (χ0n) is 19.5. The maximum absolute atomic E-state index is 13.1. The molecule has 1 fully saturated rings. The van der Waals surface area contributed by atoms with Crippen LogP contribution >= 0.6 is 0 Å². The van der Waals surface area contributed by atoms with Gasteiger partial charge in [-0.2, -0.15) is 4.31 Å². The normalized spacial score (nSPS) is 16.8. The summed E-state index contributed by atoms with van der Waals surface area (Å²) in [6.07, 6.45) is 0.203. The molecule has 0 bridgehead atoms. The van der Waals surface area contributed by atoms with E-state index in [4.69, 9.17) is 0 Å². The zero-order chi connectivity index (χ0) is 24.2. The number of piperazine rings is 1. The van der Waals surface area contributed by atoms with E-state index < -0.39 is 38.0 Å². The van der Waals surface area contributed by atoms with E-state index in [1.54, 1.807) is 12.1 Å². The fraction of sp³-hybridized carbons (Fsp3) is 0.571. The van der Waals surface area contributed by atoms with Crippen LogP contribution in [0.25, 0.3) is 0 Å². The summed E-state index contributed by atoms with van der Waals surface area (Å²) in [4.78, 5) is 13.2. The lowest BCUT2D eigenvalue weighted by atomic mass is 10.2. The number of nitrogens with zero attached hydrogens (tertiary/aromatic N) is 3.